The van der Waals surface area contributed by atoms with Gasteiger partial charge in [0.05, 0.1) is 12.1 Å². The van der Waals surface area contributed by atoms with Crippen LogP contribution in [0.2, 0.25) is 0 Å². The zero-order chi connectivity index (χ0) is 39.0. The molecule has 248 valence electrons. The summed E-state index contributed by atoms with van der Waals surface area (Å²) in [7, 11) is 2.53. The molecular formula is C28H46N6O10. The average molecular weight is 637 g/mol. The number of nitrogens with one attached hydrogen (secondary N) is 2. The van der Waals surface area contributed by atoms with Crippen molar-refractivity contribution in [3.05, 3.63) is 0 Å². The number of hydroxylamine groups is 4. The average Bonchev–Trinajstić information content (AvgIpc) is 3.49. The van der Waals surface area contributed by atoms with Crippen LogP contribution >= 0.6 is 0 Å². The normalized spacial score (nSPS) is 20.5. The monoisotopic (exact) mass is 636 g/mol. The van der Waals surface area contributed by atoms with Gasteiger partial charge >= 0.3 is 11.9 Å². The van der Waals surface area contributed by atoms with E-state index >= 15 is 0 Å². The van der Waals surface area contributed by atoms with E-state index < -0.39 is 97.3 Å². The first kappa shape index (κ1) is 28.8. The molecule has 0 saturated carbocycles. The first-order chi connectivity index (χ1) is 22.7. The summed E-state index contributed by atoms with van der Waals surface area (Å²) in [6.07, 6.45) is -0.146. The Labute approximate surface area is 266 Å². The van der Waals surface area contributed by atoms with Crippen molar-refractivity contribution < 1.29 is 56.3 Å². The van der Waals surface area contributed by atoms with Gasteiger partial charge in [-0.3, -0.25) is 38.6 Å². The Balaban J connectivity index is 0.000000500. The van der Waals surface area contributed by atoms with E-state index in [1.165, 1.54) is 27.9 Å². The summed E-state index contributed by atoms with van der Waals surface area (Å²) in [5, 5.41) is 5.65. The Morgan fingerprint density at radius 2 is 1.05 bits per heavy atom. The molecule has 4 atom stereocenters. The topological polar surface area (TPSA) is 192 Å². The van der Waals surface area contributed by atoms with Crippen LogP contribution in [0.3, 0.4) is 0 Å². The van der Waals surface area contributed by atoms with E-state index in [9.17, 15) is 38.4 Å². The predicted molar refractivity (Wildman–Crippen MR) is 154 cm³/mol. The van der Waals surface area contributed by atoms with Gasteiger partial charge in [-0.25, -0.2) is 9.59 Å². The Morgan fingerprint density at radius 1 is 0.705 bits per heavy atom. The van der Waals surface area contributed by atoms with Crippen LogP contribution in [0, 0.1) is 11.8 Å². The Morgan fingerprint density at radius 3 is 1.39 bits per heavy atom. The molecule has 0 bridgehead atoms. The van der Waals surface area contributed by atoms with E-state index in [0.29, 0.717) is 10.1 Å². The molecule has 2 aliphatic heterocycles. The minimum Gasteiger partial charge on any atom is -0.341 e. The van der Waals surface area contributed by atoms with Crippen LogP contribution in [0.15, 0.2) is 0 Å². The molecule has 0 aromatic heterocycles. The van der Waals surface area contributed by atoms with Crippen LogP contribution < -0.4 is 10.6 Å². The van der Waals surface area contributed by atoms with Crippen molar-refractivity contribution in [3.63, 3.8) is 0 Å². The van der Waals surface area contributed by atoms with E-state index in [-0.39, 0.29) is 25.7 Å². The van der Waals surface area contributed by atoms with Gasteiger partial charge in [0, 0.05) is 33.9 Å². The first-order valence-electron chi connectivity index (χ1n) is 16.9. The summed E-state index contributed by atoms with van der Waals surface area (Å²) in [5.41, 5.74) is 0. The summed E-state index contributed by atoms with van der Waals surface area (Å²) in [6.45, 7) is 4.37. The molecule has 16 nitrogen and oxygen atoms in total. The quantitative estimate of drug-likeness (QED) is 0.119. The molecule has 0 aromatic carbocycles. The molecule has 0 aliphatic carbocycles. The molecule has 44 heavy (non-hydrogen) atoms. The molecule has 2 saturated heterocycles. The third-order valence-corrected chi connectivity index (χ3v) is 6.73. The smallest absolute Gasteiger partial charge is 0.341 e. The van der Waals surface area contributed by atoms with Crippen LogP contribution in [0.25, 0.3) is 0 Å². The van der Waals surface area contributed by atoms with Crippen LogP contribution in [0.5, 0.6) is 0 Å². The summed E-state index contributed by atoms with van der Waals surface area (Å²) in [4.78, 5) is 106. The number of imide groups is 2. The standard InChI is InChI=1S/2C14H23N3O5/c2*1-8(2)12(15-13(20)9(3)16(4)5)14(21)22-17-10(18)6-7-11(17)19/h2*8-9,12H,6-7H2,1-5H3,(H,15,20)/i4D3,13+1,16+1;4D3,20+2. The second-order valence-electron chi connectivity index (χ2n) is 11.0. The number of rotatable bonds is 12. The molecule has 2 N–H and O–H groups in total. The highest BCUT2D eigenvalue weighted by Gasteiger charge is 2.38. The number of amides is 6. The number of hydrogen-bond acceptors (Lipinski definition) is 12. The number of carbonyl (C=O) groups excluding carboxylic acids is 8. The van der Waals surface area contributed by atoms with Gasteiger partial charge in [0.2, 0.25) is 11.8 Å². The first-order valence-corrected chi connectivity index (χ1v) is 13.9. The fraction of sp³-hybridized carbons (Fsp3) is 0.714. The number of likely N-dealkylation sites (N-methyl/N-ethyl adjacent to an activating group) is 2. The van der Waals surface area contributed by atoms with Gasteiger partial charge in [0.25, 0.3) is 23.6 Å². The summed E-state index contributed by atoms with van der Waals surface area (Å²) < 4.78 is 43.9. The third kappa shape index (κ3) is 10.7. The molecule has 4 unspecified atom stereocenters. The van der Waals surface area contributed by atoms with Crippen LogP contribution in [0.1, 0.15) is 75.5 Å². The number of carbonyl (C=O) groups is 8. The lowest BCUT2D eigenvalue weighted by molar-refractivity contribution is -0.200. The van der Waals surface area contributed by atoms with Crippen molar-refractivity contribution in [2.45, 2.75) is 91.4 Å². The highest BCUT2D eigenvalue weighted by Crippen LogP contribution is 2.16. The summed E-state index contributed by atoms with van der Waals surface area (Å²) >= 11 is 0. The highest BCUT2D eigenvalue weighted by molar-refractivity contribution is 6.02. The van der Waals surface area contributed by atoms with Crippen LogP contribution in [-0.4, -0.2) is 120 Å². The summed E-state index contributed by atoms with van der Waals surface area (Å²) in [6, 6.07) is -4.34. The van der Waals surface area contributed by atoms with Crippen molar-refractivity contribution in [1.29, 1.82) is 0 Å². The minimum atomic E-state index is -2.47. The number of nitrogens with zero attached hydrogens (tertiary/aromatic N) is 4. The van der Waals surface area contributed by atoms with Gasteiger partial charge in [-0.05, 0) is 53.7 Å². The molecule has 2 rings (SSSR count). The molecule has 6 amide bonds. The summed E-state index contributed by atoms with van der Waals surface area (Å²) in [5.74, 6) is -6.60. The molecule has 16 heteroatoms. The number of hydrogen-bond donors (Lipinski definition) is 2. The van der Waals surface area contributed by atoms with Crippen molar-refractivity contribution in [3.8, 4) is 0 Å². The fourth-order valence-electron chi connectivity index (χ4n) is 3.50. The zero-order valence-corrected chi connectivity index (χ0v) is 26.2. The fourth-order valence-corrected chi connectivity index (χ4v) is 3.50. The van der Waals surface area contributed by atoms with E-state index in [1.54, 1.807) is 27.7 Å². The molecule has 2 aliphatic rings. The molecule has 2 fully saturated rings. The van der Waals surface area contributed by atoms with Crippen molar-refractivity contribution in [2.24, 2.45) is 11.8 Å². The second kappa shape index (κ2) is 16.8. The molecule has 0 aromatic rings. The molecular weight excluding hydrogens is 584 g/mol. The van der Waals surface area contributed by atoms with Gasteiger partial charge in [0.1, 0.15) is 12.1 Å². The van der Waals surface area contributed by atoms with E-state index in [1.807, 2.05) is 0 Å². The van der Waals surface area contributed by atoms with Gasteiger partial charge in [-0.1, -0.05) is 27.7 Å². The largest absolute Gasteiger partial charge is 0.355 e. The zero-order valence-electron chi connectivity index (χ0n) is 32.2. The second-order valence-corrected chi connectivity index (χ2v) is 11.0. The lowest BCUT2D eigenvalue weighted by Gasteiger charge is -2.26. The highest BCUT2D eigenvalue weighted by atomic mass is 18.1. The Bertz CT molecular complexity index is 1190. The Hall–Kier alpha value is -3.92. The van der Waals surface area contributed by atoms with Gasteiger partial charge in [-0.15, -0.1) is 10.1 Å². The lowest BCUT2D eigenvalue weighted by atomic mass is 10.0. The molecule has 0 spiro atoms. The van der Waals surface area contributed by atoms with E-state index in [0.717, 1.165) is 9.80 Å². The van der Waals surface area contributed by atoms with Crippen LogP contribution in [-0.2, 0) is 48.0 Å². The third-order valence-electron chi connectivity index (χ3n) is 6.73. The molecule has 0 radical (unpaired) electrons. The van der Waals surface area contributed by atoms with Gasteiger partial charge in [-0.2, -0.15) is 0 Å². The van der Waals surface area contributed by atoms with E-state index in [4.69, 9.17) is 17.9 Å². The van der Waals surface area contributed by atoms with Crippen molar-refractivity contribution in [2.75, 3.05) is 28.0 Å². The Kier molecular flexibility index (Phi) is 11.0. The van der Waals surface area contributed by atoms with Crippen LogP contribution in [0.4, 0.5) is 0 Å². The lowest BCUT2D eigenvalue weighted by Crippen LogP contribution is -2.52. The molecule has 2 heterocycles. The van der Waals surface area contributed by atoms with Gasteiger partial charge < -0.3 is 20.3 Å². The SMILES string of the molecule is [2H]C([2H])([2H])N(C)C(C)C(=[18O])NC(C(=O)ON1C(=O)CCC1=O)C(C)C.[2H]C([2H])([2H])[15N](C)C(C)[13C](=O)NC(C(=O)ON1C(=O)CCC1=O)C(C)C. The maximum absolute atomic E-state index is 12.3. The van der Waals surface area contributed by atoms with Crippen molar-refractivity contribution in [1.82, 2.24) is 30.6 Å². The maximum Gasteiger partial charge on any atom is 0.355 e. The minimum absolute atomic E-state index is 0.0365. The predicted octanol–water partition coefficient (Wildman–Crippen LogP) is -0.631. The van der Waals surface area contributed by atoms with Crippen molar-refractivity contribution >= 4 is 47.4 Å². The van der Waals surface area contributed by atoms with E-state index in [2.05, 4.69) is 10.6 Å². The maximum atomic E-state index is 12.3. The van der Waals surface area contributed by atoms with Gasteiger partial charge in [0.15, 0.2) is 0 Å².